The number of nitrogens with two attached hydrogens (primary N) is 1. The number of hydrogen-bond donors (Lipinski definition) is 2. The Morgan fingerprint density at radius 2 is 1.33 bits per heavy atom. The predicted octanol–water partition coefficient (Wildman–Crippen LogP) is 2.84. The van der Waals surface area contributed by atoms with Crippen molar-refractivity contribution < 1.29 is 21.4 Å². The van der Waals surface area contributed by atoms with E-state index >= 15 is 0 Å². The van der Waals surface area contributed by atoms with Gasteiger partial charge in [-0.25, -0.2) is 13.6 Å². The fourth-order valence-corrected chi connectivity index (χ4v) is 4.53. The van der Waals surface area contributed by atoms with Crippen LogP contribution >= 0.6 is 0 Å². The van der Waals surface area contributed by atoms with Gasteiger partial charge < -0.3 is 0 Å². The van der Waals surface area contributed by atoms with E-state index in [-0.39, 0.29) is 10.5 Å². The molecule has 0 aliphatic heterocycles. The molecule has 0 saturated heterocycles. The molecule has 6 nitrogen and oxygen atoms in total. The Kier molecular flexibility index (Phi) is 5.16. The Labute approximate surface area is 158 Å². The van der Waals surface area contributed by atoms with Gasteiger partial charge >= 0.3 is 0 Å². The fraction of sp³-hybridized carbons (Fsp3) is 0.0526. The lowest BCUT2D eigenvalue weighted by Crippen LogP contribution is -2.15. The average molecular weight is 403 g/mol. The first kappa shape index (κ1) is 19.2. The third-order valence-corrected chi connectivity index (χ3v) is 5.95. The number of benzene rings is 3. The van der Waals surface area contributed by atoms with Crippen molar-refractivity contribution in [2.75, 3.05) is 0 Å². The third-order valence-electron chi connectivity index (χ3n) is 4.10. The number of sulfonamides is 1. The molecule has 0 aliphatic rings. The van der Waals surface area contributed by atoms with Gasteiger partial charge in [0.2, 0.25) is 10.0 Å². The summed E-state index contributed by atoms with van der Waals surface area (Å²) in [5.74, 6) is 0. The van der Waals surface area contributed by atoms with E-state index in [1.165, 1.54) is 12.1 Å². The molecule has 140 valence electrons. The van der Waals surface area contributed by atoms with Gasteiger partial charge in [0.15, 0.2) is 0 Å². The highest BCUT2D eigenvalue weighted by Gasteiger charge is 2.25. The van der Waals surface area contributed by atoms with E-state index < -0.39 is 25.0 Å². The summed E-state index contributed by atoms with van der Waals surface area (Å²) in [6.07, 6.45) is 0.445. The van der Waals surface area contributed by atoms with Gasteiger partial charge in [-0.15, -0.1) is 0 Å². The van der Waals surface area contributed by atoms with Crippen LogP contribution in [0.3, 0.4) is 0 Å². The van der Waals surface area contributed by atoms with Crippen LogP contribution in [0, 0.1) is 0 Å². The maximum atomic E-state index is 12.1. The van der Waals surface area contributed by atoms with Gasteiger partial charge in [-0.1, -0.05) is 60.7 Å². The molecule has 0 amide bonds. The van der Waals surface area contributed by atoms with Crippen LogP contribution in [0.4, 0.5) is 0 Å². The average Bonchev–Trinajstić information content (AvgIpc) is 2.61. The van der Waals surface area contributed by atoms with E-state index in [4.69, 9.17) is 5.14 Å². The molecule has 8 heteroatoms. The van der Waals surface area contributed by atoms with Gasteiger partial charge in [0.1, 0.15) is 4.90 Å². The van der Waals surface area contributed by atoms with Crippen LogP contribution in [-0.2, 0) is 26.6 Å². The Morgan fingerprint density at radius 3 is 1.96 bits per heavy atom. The number of hydrogen-bond acceptors (Lipinski definition) is 4. The summed E-state index contributed by atoms with van der Waals surface area (Å²) in [6.45, 7) is 0. The summed E-state index contributed by atoms with van der Waals surface area (Å²) >= 11 is 0. The van der Waals surface area contributed by atoms with E-state index in [1.54, 1.807) is 24.3 Å². The van der Waals surface area contributed by atoms with Crippen molar-refractivity contribution in [3.05, 3.63) is 83.9 Å². The van der Waals surface area contributed by atoms with E-state index in [9.17, 15) is 21.4 Å². The molecule has 0 heterocycles. The molecule has 0 saturated carbocycles. The molecule has 0 radical (unpaired) electrons. The van der Waals surface area contributed by atoms with E-state index in [0.717, 1.165) is 11.6 Å². The second-order valence-electron chi connectivity index (χ2n) is 5.97. The topological polar surface area (TPSA) is 115 Å². The van der Waals surface area contributed by atoms with Crippen LogP contribution in [0.2, 0.25) is 0 Å². The summed E-state index contributed by atoms with van der Waals surface area (Å²) in [4.78, 5) is -0.868. The maximum absolute atomic E-state index is 12.1. The van der Waals surface area contributed by atoms with Crippen LogP contribution in [0.15, 0.2) is 82.6 Å². The van der Waals surface area contributed by atoms with Crippen LogP contribution in [-0.4, -0.2) is 21.4 Å². The first-order valence-electron chi connectivity index (χ1n) is 7.93. The second kappa shape index (κ2) is 7.24. The molecule has 3 N–H and O–H groups in total. The van der Waals surface area contributed by atoms with Gasteiger partial charge in [0.05, 0.1) is 4.90 Å². The molecule has 0 atom stereocenters. The van der Waals surface area contributed by atoms with Crippen LogP contribution < -0.4 is 5.14 Å². The SMILES string of the molecule is NS(=O)(=O)c1cccc(S(=O)(=O)O)c1-c1ccccc1Cc1ccccc1. The minimum Gasteiger partial charge on any atom is -0.282 e. The molecule has 27 heavy (non-hydrogen) atoms. The summed E-state index contributed by atoms with van der Waals surface area (Å²) in [7, 11) is -8.90. The molecule has 0 fully saturated rings. The minimum atomic E-state index is -4.67. The summed E-state index contributed by atoms with van der Waals surface area (Å²) in [5, 5.41) is 5.31. The third kappa shape index (κ3) is 4.25. The van der Waals surface area contributed by atoms with Gasteiger partial charge in [-0.3, -0.25) is 4.55 Å². The summed E-state index contributed by atoms with van der Waals surface area (Å²) in [6, 6.07) is 19.9. The molecule has 0 aromatic heterocycles. The smallest absolute Gasteiger partial charge is 0.282 e. The highest BCUT2D eigenvalue weighted by Crippen LogP contribution is 2.36. The largest absolute Gasteiger partial charge is 0.295 e. The zero-order valence-corrected chi connectivity index (χ0v) is 15.7. The van der Waals surface area contributed by atoms with Crippen LogP contribution in [0.5, 0.6) is 0 Å². The highest BCUT2D eigenvalue weighted by atomic mass is 32.2. The normalized spacial score (nSPS) is 12.1. The van der Waals surface area contributed by atoms with Gasteiger partial charge in [-0.05, 0) is 35.2 Å². The second-order valence-corrected chi connectivity index (χ2v) is 8.89. The zero-order chi connectivity index (χ0) is 19.7. The lowest BCUT2D eigenvalue weighted by atomic mass is 9.95. The first-order valence-corrected chi connectivity index (χ1v) is 10.9. The molecule has 0 unspecified atom stereocenters. The number of primary sulfonamides is 1. The quantitative estimate of drug-likeness (QED) is 0.636. The first-order chi connectivity index (χ1) is 12.7. The van der Waals surface area contributed by atoms with Crippen LogP contribution in [0.1, 0.15) is 11.1 Å². The zero-order valence-electron chi connectivity index (χ0n) is 14.1. The maximum Gasteiger partial charge on any atom is 0.295 e. The Balaban J connectivity index is 2.32. The molecular formula is C19H17NO5S2. The molecule has 3 rings (SSSR count). The molecular weight excluding hydrogens is 386 g/mol. The Morgan fingerprint density at radius 1 is 0.741 bits per heavy atom. The van der Waals surface area contributed by atoms with E-state index in [0.29, 0.717) is 17.5 Å². The van der Waals surface area contributed by atoms with Crippen molar-refractivity contribution in [3.63, 3.8) is 0 Å². The van der Waals surface area contributed by atoms with Crippen molar-refractivity contribution in [1.82, 2.24) is 0 Å². The minimum absolute atomic E-state index is 0.131. The van der Waals surface area contributed by atoms with Gasteiger partial charge in [-0.2, -0.15) is 8.42 Å². The predicted molar refractivity (Wildman–Crippen MR) is 102 cm³/mol. The fourth-order valence-electron chi connectivity index (χ4n) is 2.96. The molecule has 0 aliphatic carbocycles. The lowest BCUT2D eigenvalue weighted by Gasteiger charge is -2.16. The summed E-state index contributed by atoms with van der Waals surface area (Å²) < 4.78 is 57.6. The van der Waals surface area contributed by atoms with E-state index in [1.807, 2.05) is 30.3 Å². The standard InChI is InChI=1S/C19H17NO5S2/c20-26(21,22)17-11-6-12-18(27(23,24)25)19(17)16-10-5-4-9-15(16)13-14-7-2-1-3-8-14/h1-12H,13H2,(H2,20,21,22)(H,23,24,25). The Hall–Kier alpha value is -2.52. The number of rotatable bonds is 5. The van der Waals surface area contributed by atoms with E-state index in [2.05, 4.69) is 0 Å². The Bertz CT molecular complexity index is 1140. The van der Waals surface area contributed by atoms with Crippen molar-refractivity contribution >= 4 is 20.1 Å². The monoisotopic (exact) mass is 403 g/mol. The van der Waals surface area contributed by atoms with Gasteiger partial charge in [0.25, 0.3) is 10.1 Å². The highest BCUT2D eigenvalue weighted by molar-refractivity contribution is 7.89. The summed E-state index contributed by atoms with van der Waals surface area (Å²) in [5.41, 5.74) is 1.91. The molecule has 0 spiro atoms. The lowest BCUT2D eigenvalue weighted by molar-refractivity contribution is 0.483. The molecule has 0 bridgehead atoms. The molecule has 3 aromatic rings. The van der Waals surface area contributed by atoms with Crippen molar-refractivity contribution in [3.8, 4) is 11.1 Å². The van der Waals surface area contributed by atoms with Crippen molar-refractivity contribution in [1.29, 1.82) is 0 Å². The van der Waals surface area contributed by atoms with Crippen LogP contribution in [0.25, 0.3) is 11.1 Å². The molecule has 3 aromatic carbocycles. The van der Waals surface area contributed by atoms with Crippen molar-refractivity contribution in [2.45, 2.75) is 16.2 Å². The van der Waals surface area contributed by atoms with Gasteiger partial charge in [0, 0.05) is 5.56 Å². The van der Waals surface area contributed by atoms with Crippen molar-refractivity contribution in [2.24, 2.45) is 5.14 Å².